The van der Waals surface area contributed by atoms with Crippen molar-refractivity contribution in [2.24, 2.45) is 0 Å². The highest BCUT2D eigenvalue weighted by Crippen LogP contribution is 2.11. The lowest BCUT2D eigenvalue weighted by atomic mass is 10.1. The van der Waals surface area contributed by atoms with Gasteiger partial charge in [0.05, 0.1) is 19.6 Å². The van der Waals surface area contributed by atoms with Crippen LogP contribution >= 0.6 is 0 Å². The molecular weight excluding hydrogens is 506 g/mol. The van der Waals surface area contributed by atoms with Crippen LogP contribution in [0.5, 0.6) is 0 Å². The molecule has 0 radical (unpaired) electrons. The van der Waals surface area contributed by atoms with Gasteiger partial charge in [0.15, 0.2) is 0 Å². The average molecular weight is 552 g/mol. The molecule has 0 spiro atoms. The van der Waals surface area contributed by atoms with Crippen LogP contribution in [0.15, 0.2) is 30.3 Å². The van der Waals surface area contributed by atoms with E-state index < -0.39 is 47.4 Å². The van der Waals surface area contributed by atoms with Crippen LogP contribution in [0.4, 0.5) is 9.59 Å². The Morgan fingerprint density at radius 1 is 0.872 bits per heavy atom. The van der Waals surface area contributed by atoms with Gasteiger partial charge in [-0.15, -0.1) is 0 Å². The Balaban J connectivity index is 2.68. The van der Waals surface area contributed by atoms with Crippen molar-refractivity contribution in [3.05, 3.63) is 35.9 Å². The standard InChI is InChI=1S/C28H45N3O8/c1-27(2,3)38-23(32)17-21(31-26(35)37-19-20-13-9-8-10-14-20)18-30-22(24(33)36-7)15-11-12-16-29-25(34)39-28(4,5)6/h8-10,13-14,21-22,30H,11-12,15-19H2,1-7H3,(H,29,34)(H,31,35)/t21-,22-/m0/s1. The first-order valence-corrected chi connectivity index (χ1v) is 13.2. The number of ether oxygens (including phenoxy) is 4. The monoisotopic (exact) mass is 551 g/mol. The molecule has 1 aromatic rings. The van der Waals surface area contributed by atoms with Gasteiger partial charge in [-0.2, -0.15) is 0 Å². The topological polar surface area (TPSA) is 141 Å². The Morgan fingerprint density at radius 3 is 2.10 bits per heavy atom. The minimum absolute atomic E-state index is 0.0708. The molecule has 1 rings (SSSR count). The molecule has 0 heterocycles. The van der Waals surface area contributed by atoms with Crippen molar-refractivity contribution >= 4 is 24.1 Å². The number of methoxy groups -OCH3 is 1. The summed E-state index contributed by atoms with van der Waals surface area (Å²) in [5.74, 6) is -0.974. The van der Waals surface area contributed by atoms with Gasteiger partial charge in [0, 0.05) is 13.1 Å². The summed E-state index contributed by atoms with van der Waals surface area (Å²) in [7, 11) is 1.29. The number of esters is 2. The molecule has 2 atom stereocenters. The molecule has 0 aromatic heterocycles. The minimum Gasteiger partial charge on any atom is -0.468 e. The van der Waals surface area contributed by atoms with Gasteiger partial charge in [0.25, 0.3) is 0 Å². The number of hydrogen-bond acceptors (Lipinski definition) is 9. The molecular formula is C28H45N3O8. The first-order valence-electron chi connectivity index (χ1n) is 13.2. The van der Waals surface area contributed by atoms with Crippen molar-refractivity contribution in [2.75, 3.05) is 20.2 Å². The van der Waals surface area contributed by atoms with Crippen LogP contribution in [-0.2, 0) is 35.1 Å². The summed E-state index contributed by atoms with van der Waals surface area (Å²) in [6.45, 7) is 11.2. The van der Waals surface area contributed by atoms with E-state index in [1.165, 1.54) is 7.11 Å². The van der Waals surface area contributed by atoms with Gasteiger partial charge < -0.3 is 34.9 Å². The number of carbonyl (C=O) groups is 4. The Morgan fingerprint density at radius 2 is 1.51 bits per heavy atom. The fourth-order valence-electron chi connectivity index (χ4n) is 3.40. The van der Waals surface area contributed by atoms with Crippen molar-refractivity contribution in [3.63, 3.8) is 0 Å². The Bertz CT molecular complexity index is 910. The van der Waals surface area contributed by atoms with E-state index in [1.807, 2.05) is 30.3 Å². The normalized spacial score (nSPS) is 13.0. The van der Waals surface area contributed by atoms with Gasteiger partial charge in [-0.05, 0) is 66.4 Å². The van der Waals surface area contributed by atoms with Crippen LogP contribution in [0.25, 0.3) is 0 Å². The maximum Gasteiger partial charge on any atom is 0.407 e. The summed E-state index contributed by atoms with van der Waals surface area (Å²) < 4.78 is 20.8. The van der Waals surface area contributed by atoms with E-state index in [0.29, 0.717) is 25.8 Å². The highest BCUT2D eigenvalue weighted by atomic mass is 16.6. The maximum atomic E-state index is 12.5. The molecule has 220 valence electrons. The lowest BCUT2D eigenvalue weighted by Gasteiger charge is -2.24. The third-order valence-electron chi connectivity index (χ3n) is 5.05. The summed E-state index contributed by atoms with van der Waals surface area (Å²) >= 11 is 0. The lowest BCUT2D eigenvalue weighted by molar-refractivity contribution is -0.155. The molecule has 0 aliphatic carbocycles. The highest BCUT2D eigenvalue weighted by molar-refractivity contribution is 5.76. The molecule has 39 heavy (non-hydrogen) atoms. The summed E-state index contributed by atoms with van der Waals surface area (Å²) in [6.07, 6.45) is 0.307. The molecule has 0 fully saturated rings. The van der Waals surface area contributed by atoms with Gasteiger partial charge in [-0.1, -0.05) is 30.3 Å². The van der Waals surface area contributed by atoms with Crippen LogP contribution in [0, 0.1) is 0 Å². The zero-order valence-corrected chi connectivity index (χ0v) is 24.3. The Kier molecular flexibility index (Phi) is 14.3. The average Bonchev–Trinajstić information content (AvgIpc) is 2.82. The molecule has 0 aliphatic heterocycles. The number of alkyl carbamates (subject to hydrolysis) is 2. The predicted molar refractivity (Wildman–Crippen MR) is 146 cm³/mol. The predicted octanol–water partition coefficient (Wildman–Crippen LogP) is 3.84. The summed E-state index contributed by atoms with van der Waals surface area (Å²) in [5, 5.41) is 8.45. The minimum atomic E-state index is -0.705. The summed E-state index contributed by atoms with van der Waals surface area (Å²) in [6, 6.07) is 7.82. The molecule has 2 amide bonds. The van der Waals surface area contributed by atoms with Crippen molar-refractivity contribution in [3.8, 4) is 0 Å². The third-order valence-corrected chi connectivity index (χ3v) is 5.05. The Labute approximate surface area is 231 Å². The van der Waals surface area contributed by atoms with E-state index in [9.17, 15) is 19.2 Å². The number of carbonyl (C=O) groups excluding carboxylic acids is 4. The van der Waals surface area contributed by atoms with Crippen LogP contribution < -0.4 is 16.0 Å². The number of amides is 2. The van der Waals surface area contributed by atoms with Crippen molar-refractivity contribution in [1.29, 1.82) is 0 Å². The second-order valence-corrected chi connectivity index (χ2v) is 11.1. The van der Waals surface area contributed by atoms with Crippen molar-refractivity contribution in [2.45, 2.75) is 97.1 Å². The molecule has 1 aromatic carbocycles. The van der Waals surface area contributed by atoms with Crippen molar-refractivity contribution in [1.82, 2.24) is 16.0 Å². The van der Waals surface area contributed by atoms with Gasteiger partial charge in [-0.25, -0.2) is 9.59 Å². The van der Waals surface area contributed by atoms with Gasteiger partial charge >= 0.3 is 24.1 Å². The van der Waals surface area contributed by atoms with E-state index in [4.69, 9.17) is 18.9 Å². The van der Waals surface area contributed by atoms with E-state index in [1.54, 1.807) is 41.5 Å². The highest BCUT2D eigenvalue weighted by Gasteiger charge is 2.25. The quantitative estimate of drug-likeness (QED) is 0.179. The molecule has 11 heteroatoms. The molecule has 0 saturated carbocycles. The number of benzene rings is 1. The fourth-order valence-corrected chi connectivity index (χ4v) is 3.40. The van der Waals surface area contributed by atoms with Gasteiger partial charge in [0.2, 0.25) is 0 Å². The molecule has 0 unspecified atom stereocenters. The zero-order chi connectivity index (χ0) is 29.5. The number of nitrogens with one attached hydrogen (secondary N) is 3. The summed E-state index contributed by atoms with van der Waals surface area (Å²) in [5.41, 5.74) is -0.451. The first-order chi connectivity index (χ1) is 18.2. The second kappa shape index (κ2) is 16.6. The molecule has 0 bridgehead atoms. The maximum absolute atomic E-state index is 12.5. The number of hydrogen-bond donors (Lipinski definition) is 3. The SMILES string of the molecule is COC(=O)[C@H](CCCCNC(=O)OC(C)(C)C)NC[C@H](CC(=O)OC(C)(C)C)NC(=O)OCc1ccccc1. The van der Waals surface area contributed by atoms with Gasteiger partial charge in [0.1, 0.15) is 23.9 Å². The van der Waals surface area contributed by atoms with Crippen LogP contribution in [0.3, 0.4) is 0 Å². The van der Waals surface area contributed by atoms with E-state index in [2.05, 4.69) is 16.0 Å². The van der Waals surface area contributed by atoms with E-state index in [0.717, 1.165) is 5.56 Å². The largest absolute Gasteiger partial charge is 0.468 e. The lowest BCUT2D eigenvalue weighted by Crippen LogP contribution is -2.48. The third kappa shape index (κ3) is 17.0. The number of rotatable bonds is 14. The van der Waals surface area contributed by atoms with E-state index >= 15 is 0 Å². The smallest absolute Gasteiger partial charge is 0.407 e. The van der Waals surface area contributed by atoms with Gasteiger partial charge in [-0.3, -0.25) is 9.59 Å². The summed E-state index contributed by atoms with van der Waals surface area (Å²) in [4.78, 5) is 49.1. The van der Waals surface area contributed by atoms with E-state index in [-0.39, 0.29) is 19.6 Å². The number of unbranched alkanes of at least 4 members (excludes halogenated alkanes) is 1. The molecule has 0 saturated heterocycles. The first kappa shape index (κ1) is 33.7. The van der Waals surface area contributed by atoms with Crippen LogP contribution in [0.1, 0.15) is 72.8 Å². The van der Waals surface area contributed by atoms with Crippen LogP contribution in [0.2, 0.25) is 0 Å². The van der Waals surface area contributed by atoms with Crippen molar-refractivity contribution < 1.29 is 38.1 Å². The second-order valence-electron chi connectivity index (χ2n) is 11.1. The molecule has 11 nitrogen and oxygen atoms in total. The Hall–Kier alpha value is -3.34. The fraction of sp³-hybridized carbons (Fsp3) is 0.643. The molecule has 0 aliphatic rings. The molecule has 3 N–H and O–H groups in total. The zero-order valence-electron chi connectivity index (χ0n) is 24.3. The van der Waals surface area contributed by atoms with Crippen LogP contribution in [-0.4, -0.2) is 67.6 Å².